The summed E-state index contributed by atoms with van der Waals surface area (Å²) in [5, 5.41) is 2.91. The summed E-state index contributed by atoms with van der Waals surface area (Å²) in [6, 6.07) is 34.6. The molecular weight excluding hydrogens is 386 g/mol. The van der Waals surface area contributed by atoms with Crippen LogP contribution >= 0.6 is 0 Å². The second kappa shape index (κ2) is 10.1. The van der Waals surface area contributed by atoms with Crippen molar-refractivity contribution in [2.75, 3.05) is 18.5 Å². The molecule has 0 fully saturated rings. The summed E-state index contributed by atoms with van der Waals surface area (Å²) in [5.41, 5.74) is 3.53. The SMILES string of the molecule is O=C(Nc1ccc(OCCOc2ccccc2)cc1)c1ccc(-c2ccccc2)cc1. The lowest BCUT2D eigenvalue weighted by molar-refractivity contribution is 0.102. The van der Waals surface area contributed by atoms with Crippen molar-refractivity contribution in [2.45, 2.75) is 0 Å². The monoisotopic (exact) mass is 409 g/mol. The molecule has 4 aromatic rings. The Morgan fingerprint density at radius 2 is 1.10 bits per heavy atom. The van der Waals surface area contributed by atoms with Crippen LogP contribution in [0.2, 0.25) is 0 Å². The molecule has 0 aliphatic heterocycles. The summed E-state index contributed by atoms with van der Waals surface area (Å²) in [4.78, 5) is 12.5. The van der Waals surface area contributed by atoms with Crippen molar-refractivity contribution in [1.82, 2.24) is 0 Å². The number of para-hydroxylation sites is 1. The third-order valence-corrected chi connectivity index (χ3v) is 4.73. The van der Waals surface area contributed by atoms with Crippen molar-refractivity contribution in [3.05, 3.63) is 115 Å². The molecule has 4 aromatic carbocycles. The van der Waals surface area contributed by atoms with E-state index in [2.05, 4.69) is 5.32 Å². The molecule has 0 saturated carbocycles. The topological polar surface area (TPSA) is 47.6 Å². The van der Waals surface area contributed by atoms with Gasteiger partial charge >= 0.3 is 0 Å². The molecule has 0 saturated heterocycles. The number of carbonyl (C=O) groups is 1. The Morgan fingerprint density at radius 1 is 0.581 bits per heavy atom. The first-order valence-corrected chi connectivity index (χ1v) is 10.2. The lowest BCUT2D eigenvalue weighted by Crippen LogP contribution is -2.12. The molecule has 4 nitrogen and oxygen atoms in total. The summed E-state index contributed by atoms with van der Waals surface area (Å²) in [6.45, 7) is 0.899. The van der Waals surface area contributed by atoms with E-state index in [0.717, 1.165) is 22.6 Å². The Kier molecular flexibility index (Phi) is 6.61. The van der Waals surface area contributed by atoms with Crippen molar-refractivity contribution in [3.63, 3.8) is 0 Å². The summed E-state index contributed by atoms with van der Waals surface area (Å²) >= 11 is 0. The van der Waals surface area contributed by atoms with Gasteiger partial charge in [-0.05, 0) is 59.7 Å². The predicted molar refractivity (Wildman–Crippen MR) is 124 cm³/mol. The maximum atomic E-state index is 12.5. The summed E-state index contributed by atoms with van der Waals surface area (Å²) < 4.78 is 11.3. The van der Waals surface area contributed by atoms with Gasteiger partial charge in [0, 0.05) is 11.3 Å². The number of nitrogens with one attached hydrogen (secondary N) is 1. The van der Waals surface area contributed by atoms with Crippen molar-refractivity contribution < 1.29 is 14.3 Å². The molecule has 31 heavy (non-hydrogen) atoms. The van der Waals surface area contributed by atoms with Crippen molar-refractivity contribution in [3.8, 4) is 22.6 Å². The highest BCUT2D eigenvalue weighted by atomic mass is 16.5. The number of amides is 1. The first-order chi connectivity index (χ1) is 15.3. The van der Waals surface area contributed by atoms with E-state index >= 15 is 0 Å². The quantitative estimate of drug-likeness (QED) is 0.360. The molecule has 0 unspecified atom stereocenters. The fourth-order valence-corrected chi connectivity index (χ4v) is 3.12. The summed E-state index contributed by atoms with van der Waals surface area (Å²) in [7, 11) is 0. The minimum Gasteiger partial charge on any atom is -0.490 e. The highest BCUT2D eigenvalue weighted by Gasteiger charge is 2.07. The lowest BCUT2D eigenvalue weighted by Gasteiger charge is -2.10. The van der Waals surface area contributed by atoms with E-state index < -0.39 is 0 Å². The predicted octanol–water partition coefficient (Wildman–Crippen LogP) is 6.06. The second-order valence-corrected chi connectivity index (χ2v) is 6.93. The number of hydrogen-bond donors (Lipinski definition) is 1. The molecule has 4 heteroatoms. The largest absolute Gasteiger partial charge is 0.490 e. The average molecular weight is 409 g/mol. The van der Waals surface area contributed by atoms with E-state index in [1.54, 1.807) is 0 Å². The maximum Gasteiger partial charge on any atom is 0.255 e. The number of ether oxygens (including phenoxy) is 2. The lowest BCUT2D eigenvalue weighted by atomic mass is 10.0. The molecule has 1 N–H and O–H groups in total. The molecule has 0 heterocycles. The van der Waals surface area contributed by atoms with E-state index in [1.165, 1.54) is 0 Å². The Morgan fingerprint density at radius 3 is 1.71 bits per heavy atom. The van der Waals surface area contributed by atoms with Gasteiger partial charge < -0.3 is 14.8 Å². The normalized spacial score (nSPS) is 10.3. The van der Waals surface area contributed by atoms with Gasteiger partial charge in [0.25, 0.3) is 5.91 Å². The van der Waals surface area contributed by atoms with E-state index in [0.29, 0.717) is 24.5 Å². The van der Waals surface area contributed by atoms with Gasteiger partial charge in [-0.25, -0.2) is 0 Å². The van der Waals surface area contributed by atoms with Gasteiger partial charge in [-0.2, -0.15) is 0 Å². The van der Waals surface area contributed by atoms with Gasteiger partial charge in [-0.1, -0.05) is 60.7 Å². The van der Waals surface area contributed by atoms with Crippen LogP contribution in [-0.4, -0.2) is 19.1 Å². The van der Waals surface area contributed by atoms with Gasteiger partial charge in [0.2, 0.25) is 0 Å². The van der Waals surface area contributed by atoms with Crippen LogP contribution in [0.5, 0.6) is 11.5 Å². The van der Waals surface area contributed by atoms with Crippen LogP contribution < -0.4 is 14.8 Å². The van der Waals surface area contributed by atoms with Crippen LogP contribution in [0.1, 0.15) is 10.4 Å². The average Bonchev–Trinajstić information content (AvgIpc) is 2.84. The molecule has 0 radical (unpaired) electrons. The third-order valence-electron chi connectivity index (χ3n) is 4.73. The zero-order valence-corrected chi connectivity index (χ0v) is 17.0. The number of anilines is 1. The van der Waals surface area contributed by atoms with E-state index in [4.69, 9.17) is 9.47 Å². The number of benzene rings is 4. The Bertz CT molecular complexity index is 1090. The summed E-state index contributed by atoms with van der Waals surface area (Å²) in [6.07, 6.45) is 0. The molecular formula is C27H23NO3. The van der Waals surface area contributed by atoms with Crippen molar-refractivity contribution in [2.24, 2.45) is 0 Å². The van der Waals surface area contributed by atoms with Gasteiger partial charge in [0.05, 0.1) is 0 Å². The Labute approximate surface area is 182 Å². The van der Waals surface area contributed by atoms with Crippen LogP contribution in [0.15, 0.2) is 109 Å². The first kappa shape index (κ1) is 20.2. The zero-order valence-electron chi connectivity index (χ0n) is 17.0. The van der Waals surface area contributed by atoms with Crippen LogP contribution in [0.25, 0.3) is 11.1 Å². The minimum atomic E-state index is -0.149. The standard InChI is InChI=1S/C27H23NO3/c29-27(23-13-11-22(12-14-23)21-7-3-1-4-8-21)28-24-15-17-26(18-16-24)31-20-19-30-25-9-5-2-6-10-25/h1-18H,19-20H2,(H,28,29). The fraction of sp³-hybridized carbons (Fsp3) is 0.0741. The third kappa shape index (κ3) is 5.73. The minimum absolute atomic E-state index is 0.149. The molecule has 0 aliphatic carbocycles. The van der Waals surface area contributed by atoms with Crippen molar-refractivity contribution >= 4 is 11.6 Å². The molecule has 4 rings (SSSR count). The van der Waals surface area contributed by atoms with Crippen molar-refractivity contribution in [1.29, 1.82) is 0 Å². The van der Waals surface area contributed by atoms with Crippen LogP contribution in [-0.2, 0) is 0 Å². The molecule has 0 aromatic heterocycles. The molecule has 0 spiro atoms. The molecule has 0 bridgehead atoms. The van der Waals surface area contributed by atoms with Gasteiger partial charge in [-0.3, -0.25) is 4.79 Å². The second-order valence-electron chi connectivity index (χ2n) is 6.93. The van der Waals surface area contributed by atoms with Gasteiger partial charge in [-0.15, -0.1) is 0 Å². The zero-order chi connectivity index (χ0) is 21.3. The maximum absolute atomic E-state index is 12.5. The van der Waals surface area contributed by atoms with Crippen LogP contribution in [0, 0.1) is 0 Å². The fourth-order valence-electron chi connectivity index (χ4n) is 3.12. The van der Waals surface area contributed by atoms with E-state index in [-0.39, 0.29) is 5.91 Å². The Balaban J connectivity index is 1.27. The molecule has 0 aliphatic rings. The number of rotatable bonds is 8. The van der Waals surface area contributed by atoms with Crippen LogP contribution in [0.4, 0.5) is 5.69 Å². The molecule has 154 valence electrons. The number of carbonyl (C=O) groups excluding carboxylic acids is 1. The molecule has 1 amide bonds. The smallest absolute Gasteiger partial charge is 0.255 e. The molecule has 0 atom stereocenters. The highest BCUT2D eigenvalue weighted by Crippen LogP contribution is 2.20. The van der Waals surface area contributed by atoms with Crippen LogP contribution in [0.3, 0.4) is 0 Å². The first-order valence-electron chi connectivity index (χ1n) is 10.2. The van der Waals surface area contributed by atoms with E-state index in [9.17, 15) is 4.79 Å². The van der Waals surface area contributed by atoms with E-state index in [1.807, 2.05) is 109 Å². The summed E-state index contributed by atoms with van der Waals surface area (Å²) in [5.74, 6) is 1.40. The Hall–Kier alpha value is -4.05. The highest BCUT2D eigenvalue weighted by molar-refractivity contribution is 6.04. The van der Waals surface area contributed by atoms with Gasteiger partial charge in [0.15, 0.2) is 0 Å². The van der Waals surface area contributed by atoms with Gasteiger partial charge in [0.1, 0.15) is 24.7 Å². The number of hydrogen-bond acceptors (Lipinski definition) is 3.